The molecule has 1 heterocycles. The first-order valence-corrected chi connectivity index (χ1v) is 10.8. The molecule has 1 aromatic carbocycles. The van der Waals surface area contributed by atoms with Gasteiger partial charge >= 0.3 is 5.97 Å². The van der Waals surface area contributed by atoms with E-state index in [0.29, 0.717) is 25.3 Å². The Balaban J connectivity index is 1.84. The number of carbonyl (C=O) groups is 2. The van der Waals surface area contributed by atoms with E-state index in [1.807, 2.05) is 0 Å². The molecule has 1 aliphatic rings. The third-order valence-corrected chi connectivity index (χ3v) is 6.33. The number of rotatable bonds is 9. The molecule has 1 aliphatic heterocycles. The molecule has 0 radical (unpaired) electrons. The summed E-state index contributed by atoms with van der Waals surface area (Å²) in [6, 6.07) is 6.03. The van der Waals surface area contributed by atoms with E-state index in [0.717, 1.165) is 19.3 Å². The van der Waals surface area contributed by atoms with Crippen LogP contribution in [0.3, 0.4) is 0 Å². The van der Waals surface area contributed by atoms with Crippen LogP contribution in [0.4, 0.5) is 0 Å². The van der Waals surface area contributed by atoms with Crippen LogP contribution in [0, 0.1) is 0 Å². The molecule has 1 aromatic rings. The largest absolute Gasteiger partial charge is 0.455 e. The Hall–Kier alpha value is -1.97. The number of hydrogen-bond donors (Lipinski definition) is 1. The number of methoxy groups -OCH3 is 1. The second-order valence-corrected chi connectivity index (χ2v) is 8.81. The zero-order chi connectivity index (χ0) is 20.6. The van der Waals surface area contributed by atoms with Crippen LogP contribution in [0.2, 0.25) is 0 Å². The van der Waals surface area contributed by atoms with Gasteiger partial charge in [-0.2, -0.15) is 4.31 Å². The maximum Gasteiger partial charge on any atom is 0.310 e. The summed E-state index contributed by atoms with van der Waals surface area (Å²) < 4.78 is 36.6. The minimum absolute atomic E-state index is 0.0368. The van der Waals surface area contributed by atoms with Gasteiger partial charge in [-0.25, -0.2) is 8.42 Å². The number of ether oxygens (including phenoxy) is 2. The summed E-state index contributed by atoms with van der Waals surface area (Å²) in [5.41, 5.74) is 0.621. The van der Waals surface area contributed by atoms with E-state index in [4.69, 9.17) is 9.47 Å². The third kappa shape index (κ3) is 6.57. The summed E-state index contributed by atoms with van der Waals surface area (Å²) in [6.07, 6.45) is 2.77. The van der Waals surface area contributed by atoms with E-state index >= 15 is 0 Å². The SMILES string of the molecule is COCC(C)NC(=O)COC(=O)Cc1ccc(S(=O)(=O)N2CCCCC2)cc1. The number of piperidine rings is 1. The molecule has 28 heavy (non-hydrogen) atoms. The van der Waals surface area contributed by atoms with Gasteiger partial charge in [-0.3, -0.25) is 9.59 Å². The first-order chi connectivity index (χ1) is 13.3. The van der Waals surface area contributed by atoms with Gasteiger partial charge in [-0.05, 0) is 37.5 Å². The average molecular weight is 413 g/mol. The molecule has 1 N–H and O–H groups in total. The molecule has 8 nitrogen and oxygen atoms in total. The van der Waals surface area contributed by atoms with Gasteiger partial charge in [-0.15, -0.1) is 0 Å². The van der Waals surface area contributed by atoms with Gasteiger partial charge < -0.3 is 14.8 Å². The molecule has 0 aliphatic carbocycles. The Kier molecular flexibility index (Phi) is 8.40. The molecule has 1 atom stereocenters. The minimum Gasteiger partial charge on any atom is -0.455 e. The van der Waals surface area contributed by atoms with E-state index in [1.165, 1.54) is 23.5 Å². The normalized spacial score (nSPS) is 16.4. The Labute approximate surface area is 166 Å². The predicted molar refractivity (Wildman–Crippen MR) is 103 cm³/mol. The molecule has 1 amide bonds. The molecule has 0 bridgehead atoms. The quantitative estimate of drug-likeness (QED) is 0.610. The van der Waals surface area contributed by atoms with Gasteiger partial charge in [0.15, 0.2) is 6.61 Å². The van der Waals surface area contributed by atoms with Gasteiger partial charge in [0, 0.05) is 26.2 Å². The summed E-state index contributed by atoms with van der Waals surface area (Å²) in [4.78, 5) is 23.8. The van der Waals surface area contributed by atoms with Gasteiger partial charge in [0.1, 0.15) is 0 Å². The zero-order valence-electron chi connectivity index (χ0n) is 16.3. The van der Waals surface area contributed by atoms with Crippen LogP contribution in [-0.2, 0) is 35.5 Å². The summed E-state index contributed by atoms with van der Waals surface area (Å²) in [6.45, 7) is 2.87. The number of amides is 1. The molecular formula is C19H28N2O6S. The van der Waals surface area contributed by atoms with Crippen molar-refractivity contribution in [3.8, 4) is 0 Å². The summed E-state index contributed by atoms with van der Waals surface area (Å²) >= 11 is 0. The third-order valence-electron chi connectivity index (χ3n) is 4.41. The number of sulfonamides is 1. The monoisotopic (exact) mass is 412 g/mol. The van der Waals surface area contributed by atoms with E-state index < -0.39 is 21.9 Å². The first-order valence-electron chi connectivity index (χ1n) is 9.36. The zero-order valence-corrected chi connectivity index (χ0v) is 17.2. The van der Waals surface area contributed by atoms with Crippen LogP contribution in [0.5, 0.6) is 0 Å². The first kappa shape index (κ1) is 22.3. The number of esters is 1. The smallest absolute Gasteiger partial charge is 0.310 e. The molecule has 9 heteroatoms. The topological polar surface area (TPSA) is 102 Å². The van der Waals surface area contributed by atoms with Crippen molar-refractivity contribution in [1.82, 2.24) is 9.62 Å². The fraction of sp³-hybridized carbons (Fsp3) is 0.579. The fourth-order valence-electron chi connectivity index (χ4n) is 3.01. The molecule has 1 fully saturated rings. The van der Waals surface area contributed by atoms with Crippen LogP contribution in [0.15, 0.2) is 29.2 Å². The van der Waals surface area contributed by atoms with Gasteiger partial charge in [0.05, 0.1) is 17.9 Å². The highest BCUT2D eigenvalue weighted by atomic mass is 32.2. The highest BCUT2D eigenvalue weighted by Crippen LogP contribution is 2.21. The maximum atomic E-state index is 12.6. The minimum atomic E-state index is -3.49. The highest BCUT2D eigenvalue weighted by Gasteiger charge is 2.25. The van der Waals surface area contributed by atoms with Crippen molar-refractivity contribution in [2.24, 2.45) is 0 Å². The lowest BCUT2D eigenvalue weighted by atomic mass is 10.1. The van der Waals surface area contributed by atoms with Crippen molar-refractivity contribution in [1.29, 1.82) is 0 Å². The van der Waals surface area contributed by atoms with Gasteiger partial charge in [0.25, 0.3) is 5.91 Å². The molecule has 1 saturated heterocycles. The number of benzene rings is 1. The predicted octanol–water partition coefficient (Wildman–Crippen LogP) is 1.10. The van der Waals surface area contributed by atoms with Crippen molar-refractivity contribution in [3.63, 3.8) is 0 Å². The number of carbonyl (C=O) groups excluding carboxylic acids is 2. The number of nitrogens with zero attached hydrogens (tertiary/aromatic N) is 1. The van der Waals surface area contributed by atoms with Crippen LogP contribution >= 0.6 is 0 Å². The van der Waals surface area contributed by atoms with E-state index in [-0.39, 0.29) is 24.0 Å². The Bertz CT molecular complexity index is 757. The lowest BCUT2D eigenvalue weighted by molar-refractivity contribution is -0.148. The molecule has 156 valence electrons. The Morgan fingerprint density at radius 1 is 1.14 bits per heavy atom. The van der Waals surface area contributed by atoms with E-state index in [2.05, 4.69) is 5.32 Å². The summed E-state index contributed by atoms with van der Waals surface area (Å²) in [7, 11) is -1.96. The van der Waals surface area contributed by atoms with Crippen LogP contribution in [0.1, 0.15) is 31.7 Å². The average Bonchev–Trinajstić information content (AvgIpc) is 2.68. The maximum absolute atomic E-state index is 12.6. The van der Waals surface area contributed by atoms with Gasteiger partial charge in [0.2, 0.25) is 10.0 Å². The lowest BCUT2D eigenvalue weighted by Crippen LogP contribution is -2.38. The molecule has 0 saturated carbocycles. The fourth-order valence-corrected chi connectivity index (χ4v) is 4.52. The Morgan fingerprint density at radius 2 is 1.79 bits per heavy atom. The molecule has 0 spiro atoms. The van der Waals surface area contributed by atoms with E-state index in [1.54, 1.807) is 19.1 Å². The Morgan fingerprint density at radius 3 is 2.39 bits per heavy atom. The van der Waals surface area contributed by atoms with Crippen molar-refractivity contribution in [3.05, 3.63) is 29.8 Å². The van der Waals surface area contributed by atoms with E-state index in [9.17, 15) is 18.0 Å². The standard InChI is InChI=1S/C19H28N2O6S/c1-15(13-26-2)20-18(22)14-27-19(23)12-16-6-8-17(9-7-16)28(24,25)21-10-4-3-5-11-21/h6-9,15H,3-5,10-14H2,1-2H3,(H,20,22). The van der Waals surface area contributed by atoms with Crippen LogP contribution < -0.4 is 5.32 Å². The van der Waals surface area contributed by atoms with Gasteiger partial charge in [-0.1, -0.05) is 18.6 Å². The number of nitrogens with one attached hydrogen (secondary N) is 1. The number of hydrogen-bond acceptors (Lipinski definition) is 6. The lowest BCUT2D eigenvalue weighted by Gasteiger charge is -2.25. The second kappa shape index (κ2) is 10.5. The summed E-state index contributed by atoms with van der Waals surface area (Å²) in [5, 5.41) is 2.64. The second-order valence-electron chi connectivity index (χ2n) is 6.87. The molecule has 0 aromatic heterocycles. The van der Waals surface area contributed by atoms with Crippen molar-refractivity contribution < 1.29 is 27.5 Å². The molecular weight excluding hydrogens is 384 g/mol. The molecule has 2 rings (SSSR count). The molecule has 1 unspecified atom stereocenters. The summed E-state index contributed by atoms with van der Waals surface area (Å²) in [5.74, 6) is -0.956. The van der Waals surface area contributed by atoms with Crippen molar-refractivity contribution in [2.75, 3.05) is 33.4 Å². The highest BCUT2D eigenvalue weighted by molar-refractivity contribution is 7.89. The van der Waals surface area contributed by atoms with Crippen molar-refractivity contribution in [2.45, 2.75) is 43.5 Å². The van der Waals surface area contributed by atoms with Crippen LogP contribution in [0.25, 0.3) is 0 Å². The van der Waals surface area contributed by atoms with Crippen molar-refractivity contribution >= 4 is 21.9 Å². The van der Waals surface area contributed by atoms with Crippen LogP contribution in [-0.4, -0.2) is 64.1 Å².